The van der Waals surface area contributed by atoms with E-state index >= 15 is 0 Å². The van der Waals surface area contributed by atoms with Gasteiger partial charge in [0.2, 0.25) is 0 Å². The molecule has 0 spiro atoms. The molecule has 0 radical (unpaired) electrons. The number of hydrogen-bond donors (Lipinski definition) is 1. The Morgan fingerprint density at radius 3 is 2.64 bits per heavy atom. The SMILES string of the molecule is CCS(=O)CCCC(C)NC. The molecule has 2 nitrogen and oxygen atoms in total. The third-order valence-corrected chi connectivity index (χ3v) is 3.21. The van der Waals surface area contributed by atoms with Crippen LogP contribution in [0.2, 0.25) is 0 Å². The Balaban J connectivity index is 3.20. The second-order valence-electron chi connectivity index (χ2n) is 2.76. The molecule has 1 N–H and O–H groups in total. The quantitative estimate of drug-likeness (QED) is 0.659. The first-order valence-electron chi connectivity index (χ1n) is 4.23. The van der Waals surface area contributed by atoms with Gasteiger partial charge in [0.05, 0.1) is 0 Å². The maximum Gasteiger partial charge on any atom is 0.0235 e. The van der Waals surface area contributed by atoms with Crippen molar-refractivity contribution in [2.75, 3.05) is 18.6 Å². The molecule has 0 aliphatic heterocycles. The predicted molar refractivity (Wildman–Crippen MR) is 51.3 cm³/mol. The van der Waals surface area contributed by atoms with Crippen molar-refractivity contribution in [3.63, 3.8) is 0 Å². The molecule has 0 saturated carbocycles. The highest BCUT2D eigenvalue weighted by Crippen LogP contribution is 1.97. The second-order valence-corrected chi connectivity index (χ2v) is 4.63. The Morgan fingerprint density at radius 2 is 2.18 bits per heavy atom. The Hall–Kier alpha value is 0.110. The molecule has 0 fully saturated rings. The topological polar surface area (TPSA) is 29.1 Å². The highest BCUT2D eigenvalue weighted by molar-refractivity contribution is 7.84. The molecule has 0 aliphatic carbocycles. The minimum atomic E-state index is -0.573. The van der Waals surface area contributed by atoms with E-state index in [1.807, 2.05) is 14.0 Å². The molecule has 0 aromatic heterocycles. The van der Waals surface area contributed by atoms with Gasteiger partial charge in [0, 0.05) is 28.3 Å². The fourth-order valence-electron chi connectivity index (χ4n) is 0.839. The largest absolute Gasteiger partial charge is 0.317 e. The van der Waals surface area contributed by atoms with E-state index in [1.165, 1.54) is 0 Å². The first kappa shape index (κ1) is 11.1. The summed E-state index contributed by atoms with van der Waals surface area (Å²) in [6.45, 7) is 4.12. The summed E-state index contributed by atoms with van der Waals surface area (Å²) in [7, 11) is 1.39. The summed E-state index contributed by atoms with van der Waals surface area (Å²) in [5, 5.41) is 3.16. The van der Waals surface area contributed by atoms with Crippen LogP contribution in [-0.2, 0) is 10.8 Å². The lowest BCUT2D eigenvalue weighted by Crippen LogP contribution is -2.21. The van der Waals surface area contributed by atoms with Gasteiger partial charge in [-0.25, -0.2) is 0 Å². The molecule has 2 atom stereocenters. The van der Waals surface area contributed by atoms with Crippen LogP contribution in [0.25, 0.3) is 0 Å². The Kier molecular flexibility index (Phi) is 6.87. The summed E-state index contributed by atoms with van der Waals surface area (Å²) < 4.78 is 11.0. The lowest BCUT2D eigenvalue weighted by molar-refractivity contribution is 0.557. The van der Waals surface area contributed by atoms with Gasteiger partial charge < -0.3 is 5.32 Å². The maximum atomic E-state index is 11.0. The van der Waals surface area contributed by atoms with E-state index in [0.717, 1.165) is 24.3 Å². The molecule has 0 amide bonds. The molecule has 0 heterocycles. The van der Waals surface area contributed by atoms with Crippen molar-refractivity contribution in [2.45, 2.75) is 32.7 Å². The molecule has 68 valence electrons. The second kappa shape index (κ2) is 6.80. The van der Waals surface area contributed by atoms with E-state index in [1.54, 1.807) is 0 Å². The summed E-state index contributed by atoms with van der Waals surface area (Å²) in [6.07, 6.45) is 2.20. The van der Waals surface area contributed by atoms with Crippen molar-refractivity contribution in [2.24, 2.45) is 0 Å². The highest BCUT2D eigenvalue weighted by atomic mass is 32.2. The summed E-state index contributed by atoms with van der Waals surface area (Å²) in [6, 6.07) is 0.559. The highest BCUT2D eigenvalue weighted by Gasteiger charge is 1.99. The van der Waals surface area contributed by atoms with Gasteiger partial charge in [-0.1, -0.05) is 6.92 Å². The van der Waals surface area contributed by atoms with E-state index in [4.69, 9.17) is 0 Å². The fourth-order valence-corrected chi connectivity index (χ4v) is 1.62. The van der Waals surface area contributed by atoms with Crippen molar-refractivity contribution in [1.29, 1.82) is 0 Å². The van der Waals surface area contributed by atoms with Crippen LogP contribution < -0.4 is 5.32 Å². The van der Waals surface area contributed by atoms with Crippen LogP contribution >= 0.6 is 0 Å². The van der Waals surface area contributed by atoms with Crippen molar-refractivity contribution < 1.29 is 4.21 Å². The van der Waals surface area contributed by atoms with E-state index < -0.39 is 10.8 Å². The zero-order chi connectivity index (χ0) is 8.69. The molecular formula is C8H19NOS. The molecule has 2 unspecified atom stereocenters. The normalized spacial score (nSPS) is 16.3. The van der Waals surface area contributed by atoms with Crippen molar-refractivity contribution in [1.82, 2.24) is 5.32 Å². The molecular weight excluding hydrogens is 158 g/mol. The molecule has 11 heavy (non-hydrogen) atoms. The van der Waals surface area contributed by atoms with Gasteiger partial charge >= 0.3 is 0 Å². The molecule has 3 heteroatoms. The molecule has 0 saturated heterocycles. The van der Waals surface area contributed by atoms with Gasteiger partial charge in [-0.2, -0.15) is 0 Å². The van der Waals surface area contributed by atoms with Gasteiger partial charge in [0.1, 0.15) is 0 Å². The fraction of sp³-hybridized carbons (Fsp3) is 1.00. The van der Waals surface area contributed by atoms with Gasteiger partial charge in [0.15, 0.2) is 0 Å². The Labute approximate surface area is 72.2 Å². The van der Waals surface area contributed by atoms with E-state index in [9.17, 15) is 4.21 Å². The third kappa shape index (κ3) is 6.51. The van der Waals surface area contributed by atoms with E-state index in [0.29, 0.717) is 6.04 Å². The van der Waals surface area contributed by atoms with Crippen molar-refractivity contribution in [3.05, 3.63) is 0 Å². The summed E-state index contributed by atoms with van der Waals surface area (Å²) in [5.74, 6) is 1.66. The average Bonchev–Trinajstić information content (AvgIpc) is 2.04. The summed E-state index contributed by atoms with van der Waals surface area (Å²) in [4.78, 5) is 0. The van der Waals surface area contributed by atoms with Crippen LogP contribution in [0.3, 0.4) is 0 Å². The summed E-state index contributed by atoms with van der Waals surface area (Å²) >= 11 is 0. The zero-order valence-corrected chi connectivity index (χ0v) is 8.54. The van der Waals surface area contributed by atoms with E-state index in [2.05, 4.69) is 12.2 Å². The molecule has 0 aromatic rings. The number of rotatable bonds is 6. The summed E-state index contributed by atoms with van der Waals surface area (Å²) in [5.41, 5.74) is 0. The third-order valence-electron chi connectivity index (χ3n) is 1.82. The standard InChI is InChI=1S/C8H19NOS/c1-4-11(10)7-5-6-8(2)9-3/h8-9H,4-7H2,1-3H3. The Bertz CT molecular complexity index is 117. The molecule has 0 aliphatic rings. The van der Waals surface area contributed by atoms with Crippen LogP contribution in [0, 0.1) is 0 Å². The Morgan fingerprint density at radius 1 is 1.55 bits per heavy atom. The molecule has 0 rings (SSSR count). The monoisotopic (exact) mass is 177 g/mol. The van der Waals surface area contributed by atoms with Crippen LogP contribution in [0.15, 0.2) is 0 Å². The lowest BCUT2D eigenvalue weighted by atomic mass is 10.2. The maximum absolute atomic E-state index is 11.0. The van der Waals surface area contributed by atoms with Crippen LogP contribution in [-0.4, -0.2) is 28.8 Å². The number of hydrogen-bond acceptors (Lipinski definition) is 2. The van der Waals surface area contributed by atoms with Crippen molar-refractivity contribution >= 4 is 10.8 Å². The number of nitrogens with one attached hydrogen (secondary N) is 1. The molecule has 0 aromatic carbocycles. The van der Waals surface area contributed by atoms with Gasteiger partial charge in [-0.3, -0.25) is 4.21 Å². The minimum absolute atomic E-state index is 0.559. The first-order valence-corrected chi connectivity index (χ1v) is 5.71. The smallest absolute Gasteiger partial charge is 0.0235 e. The van der Waals surface area contributed by atoms with Crippen LogP contribution in [0.4, 0.5) is 0 Å². The average molecular weight is 177 g/mol. The van der Waals surface area contributed by atoms with Gasteiger partial charge in [0.25, 0.3) is 0 Å². The van der Waals surface area contributed by atoms with E-state index in [-0.39, 0.29) is 0 Å². The van der Waals surface area contributed by atoms with Crippen molar-refractivity contribution in [3.8, 4) is 0 Å². The first-order chi connectivity index (χ1) is 5.20. The van der Waals surface area contributed by atoms with Crippen LogP contribution in [0.1, 0.15) is 26.7 Å². The predicted octanol–water partition coefficient (Wildman–Crippen LogP) is 1.14. The van der Waals surface area contributed by atoms with Crippen LogP contribution in [0.5, 0.6) is 0 Å². The van der Waals surface area contributed by atoms with Gasteiger partial charge in [-0.05, 0) is 26.8 Å². The van der Waals surface area contributed by atoms with Gasteiger partial charge in [-0.15, -0.1) is 0 Å². The molecule has 0 bridgehead atoms. The lowest BCUT2D eigenvalue weighted by Gasteiger charge is -2.08. The zero-order valence-electron chi connectivity index (χ0n) is 7.72. The minimum Gasteiger partial charge on any atom is -0.317 e.